The summed E-state index contributed by atoms with van der Waals surface area (Å²) in [6.45, 7) is 8.21. The molecule has 2 aliphatic heterocycles. The molecular formula is C19H23N5O2. The molecule has 0 aromatic carbocycles. The van der Waals surface area contributed by atoms with Crippen molar-refractivity contribution < 1.29 is 9.53 Å². The van der Waals surface area contributed by atoms with Crippen molar-refractivity contribution in [2.45, 2.75) is 26.8 Å². The van der Waals surface area contributed by atoms with Crippen molar-refractivity contribution in [3.05, 3.63) is 46.5 Å². The molecule has 1 saturated heterocycles. The normalized spacial score (nSPS) is 17.2. The van der Waals surface area contributed by atoms with E-state index in [0.717, 1.165) is 48.1 Å². The molecule has 0 radical (unpaired) electrons. The van der Waals surface area contributed by atoms with Crippen molar-refractivity contribution in [2.24, 2.45) is 0 Å². The lowest BCUT2D eigenvalue weighted by Crippen LogP contribution is -2.39. The van der Waals surface area contributed by atoms with Gasteiger partial charge in [0.25, 0.3) is 5.91 Å². The second-order valence-corrected chi connectivity index (χ2v) is 6.80. The average Bonchev–Trinajstić information content (AvgIpc) is 2.68. The number of carbonyl (C=O) groups is 1. The van der Waals surface area contributed by atoms with Gasteiger partial charge in [-0.25, -0.2) is 9.97 Å². The van der Waals surface area contributed by atoms with Crippen molar-refractivity contribution in [1.82, 2.24) is 19.9 Å². The maximum Gasteiger partial charge on any atom is 0.255 e. The number of rotatable bonds is 2. The first-order valence-corrected chi connectivity index (χ1v) is 9.03. The van der Waals surface area contributed by atoms with Crippen molar-refractivity contribution >= 4 is 11.9 Å². The molecule has 2 aliphatic rings. The smallest absolute Gasteiger partial charge is 0.255 e. The lowest BCUT2D eigenvalue weighted by molar-refractivity contribution is 0.0732. The zero-order valence-electron chi connectivity index (χ0n) is 15.2. The fraction of sp³-hybridized carbons (Fsp3) is 0.474. The summed E-state index contributed by atoms with van der Waals surface area (Å²) in [4.78, 5) is 30.5. The number of ether oxygens (including phenoxy) is 1. The van der Waals surface area contributed by atoms with E-state index in [1.165, 1.54) is 0 Å². The number of amides is 1. The molecule has 0 bridgehead atoms. The van der Waals surface area contributed by atoms with Crippen LogP contribution in [0.3, 0.4) is 0 Å². The van der Waals surface area contributed by atoms with E-state index in [4.69, 9.17) is 14.7 Å². The van der Waals surface area contributed by atoms with Gasteiger partial charge in [-0.3, -0.25) is 9.78 Å². The molecule has 4 rings (SSSR count). The molecule has 26 heavy (non-hydrogen) atoms. The number of anilines is 1. The van der Waals surface area contributed by atoms with Gasteiger partial charge in [-0.05, 0) is 26.0 Å². The second kappa shape index (κ2) is 6.99. The van der Waals surface area contributed by atoms with E-state index >= 15 is 0 Å². The second-order valence-electron chi connectivity index (χ2n) is 6.80. The zero-order valence-corrected chi connectivity index (χ0v) is 15.2. The molecule has 0 saturated carbocycles. The number of nitrogens with zero attached hydrogens (tertiary/aromatic N) is 5. The number of pyridine rings is 1. The van der Waals surface area contributed by atoms with Gasteiger partial charge >= 0.3 is 0 Å². The Morgan fingerprint density at radius 1 is 1.12 bits per heavy atom. The van der Waals surface area contributed by atoms with Crippen LogP contribution in [0, 0.1) is 13.8 Å². The fourth-order valence-corrected chi connectivity index (χ4v) is 3.42. The van der Waals surface area contributed by atoms with Gasteiger partial charge in [-0.2, -0.15) is 0 Å². The minimum atomic E-state index is 0.0137. The predicted octanol–water partition coefficient (Wildman–Crippen LogP) is 1.52. The van der Waals surface area contributed by atoms with Gasteiger partial charge in [0.05, 0.1) is 24.5 Å². The van der Waals surface area contributed by atoms with Crippen molar-refractivity contribution in [1.29, 1.82) is 0 Å². The monoisotopic (exact) mass is 353 g/mol. The van der Waals surface area contributed by atoms with Crippen molar-refractivity contribution in [2.75, 3.05) is 37.7 Å². The largest absolute Gasteiger partial charge is 0.378 e. The maximum atomic E-state index is 12.8. The third-order valence-electron chi connectivity index (χ3n) is 4.99. The standard InChI is InChI=1S/C19H23N5O2/c1-13-3-4-15(11-20-13)18(25)24-6-5-17-16(12-24)14(2)21-19(22-17)23-7-9-26-10-8-23/h3-4,11H,5-10,12H2,1-2H3. The Labute approximate surface area is 153 Å². The lowest BCUT2D eigenvalue weighted by Gasteiger charge is -2.31. The summed E-state index contributed by atoms with van der Waals surface area (Å²) in [6, 6.07) is 3.71. The van der Waals surface area contributed by atoms with E-state index in [-0.39, 0.29) is 5.91 Å². The number of aryl methyl sites for hydroxylation is 2. The van der Waals surface area contributed by atoms with Gasteiger partial charge in [0.2, 0.25) is 5.95 Å². The quantitative estimate of drug-likeness (QED) is 0.815. The molecule has 0 unspecified atom stereocenters. The van der Waals surface area contributed by atoms with E-state index in [2.05, 4.69) is 9.88 Å². The summed E-state index contributed by atoms with van der Waals surface area (Å²) >= 11 is 0. The summed E-state index contributed by atoms with van der Waals surface area (Å²) in [6.07, 6.45) is 2.40. The van der Waals surface area contributed by atoms with E-state index in [9.17, 15) is 4.79 Å². The first-order chi connectivity index (χ1) is 12.6. The van der Waals surface area contributed by atoms with Gasteiger partial charge in [-0.15, -0.1) is 0 Å². The van der Waals surface area contributed by atoms with Gasteiger partial charge < -0.3 is 14.5 Å². The van der Waals surface area contributed by atoms with Crippen LogP contribution in [0.25, 0.3) is 0 Å². The van der Waals surface area contributed by atoms with Crippen LogP contribution in [0.4, 0.5) is 5.95 Å². The highest BCUT2D eigenvalue weighted by Gasteiger charge is 2.26. The van der Waals surface area contributed by atoms with Crippen LogP contribution >= 0.6 is 0 Å². The summed E-state index contributed by atoms with van der Waals surface area (Å²) in [5, 5.41) is 0. The van der Waals surface area contributed by atoms with E-state index in [1.807, 2.05) is 30.9 Å². The number of hydrogen-bond donors (Lipinski definition) is 0. The third-order valence-corrected chi connectivity index (χ3v) is 4.99. The molecule has 2 aromatic heterocycles. The Morgan fingerprint density at radius 2 is 1.92 bits per heavy atom. The number of fused-ring (bicyclic) bond motifs is 1. The Balaban J connectivity index is 1.55. The minimum absolute atomic E-state index is 0.0137. The molecule has 136 valence electrons. The van der Waals surface area contributed by atoms with Crippen LogP contribution < -0.4 is 4.90 Å². The molecule has 1 fully saturated rings. The lowest BCUT2D eigenvalue weighted by atomic mass is 10.0. The Morgan fingerprint density at radius 3 is 2.65 bits per heavy atom. The topological polar surface area (TPSA) is 71.5 Å². The molecule has 4 heterocycles. The van der Waals surface area contributed by atoms with E-state index < -0.39 is 0 Å². The number of carbonyl (C=O) groups excluding carboxylic acids is 1. The van der Waals surface area contributed by atoms with Crippen LogP contribution in [0.15, 0.2) is 18.3 Å². The molecular weight excluding hydrogens is 330 g/mol. The number of aromatic nitrogens is 3. The van der Waals surface area contributed by atoms with Crippen molar-refractivity contribution in [3.8, 4) is 0 Å². The highest BCUT2D eigenvalue weighted by Crippen LogP contribution is 2.24. The van der Waals surface area contributed by atoms with Crippen LogP contribution in [0.2, 0.25) is 0 Å². The van der Waals surface area contributed by atoms with Crippen LogP contribution in [-0.4, -0.2) is 58.6 Å². The first kappa shape index (κ1) is 16.9. The Kier molecular flexibility index (Phi) is 4.55. The molecule has 0 N–H and O–H groups in total. The fourth-order valence-electron chi connectivity index (χ4n) is 3.42. The van der Waals surface area contributed by atoms with Gasteiger partial charge in [0, 0.05) is 55.7 Å². The maximum absolute atomic E-state index is 12.8. The Bertz CT molecular complexity index is 815. The minimum Gasteiger partial charge on any atom is -0.378 e. The first-order valence-electron chi connectivity index (χ1n) is 9.03. The molecule has 1 amide bonds. The summed E-state index contributed by atoms with van der Waals surface area (Å²) in [7, 11) is 0. The zero-order chi connectivity index (χ0) is 18.1. The van der Waals surface area contributed by atoms with Gasteiger partial charge in [-0.1, -0.05) is 0 Å². The molecule has 0 atom stereocenters. The molecule has 7 nitrogen and oxygen atoms in total. The van der Waals surface area contributed by atoms with Gasteiger partial charge in [0.1, 0.15) is 0 Å². The number of hydrogen-bond acceptors (Lipinski definition) is 6. The summed E-state index contributed by atoms with van der Waals surface area (Å²) < 4.78 is 5.41. The highest BCUT2D eigenvalue weighted by atomic mass is 16.5. The van der Waals surface area contributed by atoms with Crippen LogP contribution in [0.1, 0.15) is 33.0 Å². The summed E-state index contributed by atoms with van der Waals surface area (Å²) in [5.74, 6) is 0.798. The van der Waals surface area contributed by atoms with Crippen LogP contribution in [-0.2, 0) is 17.7 Å². The highest BCUT2D eigenvalue weighted by molar-refractivity contribution is 5.94. The van der Waals surface area contributed by atoms with Gasteiger partial charge in [0.15, 0.2) is 0 Å². The van der Waals surface area contributed by atoms with Crippen LogP contribution in [0.5, 0.6) is 0 Å². The molecule has 0 aliphatic carbocycles. The molecule has 7 heteroatoms. The average molecular weight is 353 g/mol. The van der Waals surface area contributed by atoms with E-state index in [1.54, 1.807) is 6.20 Å². The SMILES string of the molecule is Cc1ccc(C(=O)N2CCc3nc(N4CCOCC4)nc(C)c3C2)cn1. The molecule has 2 aromatic rings. The molecule has 0 spiro atoms. The predicted molar refractivity (Wildman–Crippen MR) is 97.2 cm³/mol. The number of morpholine rings is 1. The summed E-state index contributed by atoms with van der Waals surface area (Å²) in [5.41, 5.74) is 4.62. The van der Waals surface area contributed by atoms with E-state index in [0.29, 0.717) is 31.9 Å². The van der Waals surface area contributed by atoms with Crippen molar-refractivity contribution in [3.63, 3.8) is 0 Å². The third kappa shape index (κ3) is 3.26. The Hall–Kier alpha value is -2.54.